The van der Waals surface area contributed by atoms with E-state index >= 15 is 0 Å². The standard InChI is InChI=1S/C19H17NO/c20-19(21)18(12-14-6-2-1-3-7-14)17-11-10-15-8-4-5-9-16(15)13-17/h1-11,13,18H,12H2,(H2,20,21). The molecule has 0 saturated carbocycles. The second-order valence-electron chi connectivity index (χ2n) is 5.25. The third-order valence-corrected chi connectivity index (χ3v) is 3.80. The number of fused-ring (bicyclic) bond motifs is 1. The second-order valence-corrected chi connectivity index (χ2v) is 5.25. The Morgan fingerprint density at radius 2 is 1.52 bits per heavy atom. The molecule has 104 valence electrons. The minimum Gasteiger partial charge on any atom is -0.369 e. The molecule has 0 bridgehead atoms. The number of primary amides is 1. The van der Waals surface area contributed by atoms with Crippen LogP contribution in [0.25, 0.3) is 10.8 Å². The van der Waals surface area contributed by atoms with Crippen LogP contribution in [-0.4, -0.2) is 5.91 Å². The highest BCUT2D eigenvalue weighted by Gasteiger charge is 2.18. The van der Waals surface area contributed by atoms with E-state index in [0.717, 1.165) is 16.5 Å². The predicted octanol–water partition coefficient (Wildman–Crippen LogP) is 3.65. The van der Waals surface area contributed by atoms with Gasteiger partial charge in [0.05, 0.1) is 5.92 Å². The summed E-state index contributed by atoms with van der Waals surface area (Å²) in [5, 5.41) is 2.30. The van der Waals surface area contributed by atoms with Gasteiger partial charge in [-0.15, -0.1) is 0 Å². The van der Waals surface area contributed by atoms with Gasteiger partial charge in [0.2, 0.25) is 5.91 Å². The van der Waals surface area contributed by atoms with Crippen molar-refractivity contribution in [2.75, 3.05) is 0 Å². The minimum atomic E-state index is -0.294. The lowest BCUT2D eigenvalue weighted by Crippen LogP contribution is -2.23. The molecule has 1 amide bonds. The van der Waals surface area contributed by atoms with Crippen LogP contribution in [0.2, 0.25) is 0 Å². The van der Waals surface area contributed by atoms with Crippen molar-refractivity contribution >= 4 is 16.7 Å². The molecule has 0 saturated heterocycles. The summed E-state index contributed by atoms with van der Waals surface area (Å²) in [7, 11) is 0. The highest BCUT2D eigenvalue weighted by atomic mass is 16.1. The molecule has 2 N–H and O–H groups in total. The Bertz CT molecular complexity index is 765. The van der Waals surface area contributed by atoms with Crippen molar-refractivity contribution < 1.29 is 4.79 Å². The minimum absolute atomic E-state index is 0.283. The average Bonchev–Trinajstić information content (AvgIpc) is 2.53. The Hall–Kier alpha value is -2.61. The average molecular weight is 275 g/mol. The zero-order valence-electron chi connectivity index (χ0n) is 11.7. The molecule has 2 nitrogen and oxygen atoms in total. The molecular weight excluding hydrogens is 258 g/mol. The van der Waals surface area contributed by atoms with Crippen molar-refractivity contribution in [2.45, 2.75) is 12.3 Å². The second kappa shape index (κ2) is 5.80. The molecule has 3 aromatic carbocycles. The molecule has 21 heavy (non-hydrogen) atoms. The largest absolute Gasteiger partial charge is 0.369 e. The van der Waals surface area contributed by atoms with E-state index in [4.69, 9.17) is 5.73 Å². The van der Waals surface area contributed by atoms with Crippen LogP contribution in [-0.2, 0) is 11.2 Å². The van der Waals surface area contributed by atoms with Crippen LogP contribution in [0.15, 0.2) is 72.8 Å². The van der Waals surface area contributed by atoms with Gasteiger partial charge in [-0.2, -0.15) is 0 Å². The molecule has 2 heteroatoms. The number of nitrogens with two attached hydrogens (primary N) is 1. The zero-order valence-corrected chi connectivity index (χ0v) is 11.7. The molecule has 0 spiro atoms. The molecule has 1 atom stereocenters. The van der Waals surface area contributed by atoms with Crippen LogP contribution in [0.1, 0.15) is 17.0 Å². The molecule has 3 rings (SSSR count). The third-order valence-electron chi connectivity index (χ3n) is 3.80. The molecule has 0 aromatic heterocycles. The highest BCUT2D eigenvalue weighted by Crippen LogP contribution is 2.24. The number of hydrogen-bond donors (Lipinski definition) is 1. The van der Waals surface area contributed by atoms with Crippen molar-refractivity contribution in [1.29, 1.82) is 0 Å². The fraction of sp³-hybridized carbons (Fsp3) is 0.105. The van der Waals surface area contributed by atoms with E-state index in [9.17, 15) is 4.79 Å². The quantitative estimate of drug-likeness (QED) is 0.776. The Morgan fingerprint density at radius 1 is 0.857 bits per heavy atom. The van der Waals surface area contributed by atoms with Crippen molar-refractivity contribution in [2.24, 2.45) is 5.73 Å². The maximum absolute atomic E-state index is 11.9. The zero-order chi connectivity index (χ0) is 14.7. The van der Waals surface area contributed by atoms with Gasteiger partial charge in [-0.3, -0.25) is 4.79 Å². The van der Waals surface area contributed by atoms with Crippen molar-refractivity contribution in [3.63, 3.8) is 0 Å². The molecule has 0 aliphatic rings. The molecule has 0 heterocycles. The van der Waals surface area contributed by atoms with Gasteiger partial charge < -0.3 is 5.73 Å². The monoisotopic (exact) mass is 275 g/mol. The van der Waals surface area contributed by atoms with E-state index in [-0.39, 0.29) is 11.8 Å². The summed E-state index contributed by atoms with van der Waals surface area (Å²) in [4.78, 5) is 11.9. The number of benzene rings is 3. The predicted molar refractivity (Wildman–Crippen MR) is 86.0 cm³/mol. The van der Waals surface area contributed by atoms with Gasteiger partial charge in [0.25, 0.3) is 0 Å². The van der Waals surface area contributed by atoms with Gasteiger partial charge in [-0.25, -0.2) is 0 Å². The van der Waals surface area contributed by atoms with Gasteiger partial charge in [-0.05, 0) is 28.3 Å². The Labute approximate surface area is 124 Å². The fourth-order valence-corrected chi connectivity index (χ4v) is 2.66. The first-order valence-corrected chi connectivity index (χ1v) is 7.06. The lowest BCUT2D eigenvalue weighted by atomic mass is 9.90. The summed E-state index contributed by atoms with van der Waals surface area (Å²) in [5.74, 6) is -0.578. The number of carbonyl (C=O) groups is 1. The topological polar surface area (TPSA) is 43.1 Å². The summed E-state index contributed by atoms with van der Waals surface area (Å²) in [5.41, 5.74) is 7.72. The fourth-order valence-electron chi connectivity index (χ4n) is 2.66. The SMILES string of the molecule is NC(=O)C(Cc1ccccc1)c1ccc2ccccc2c1. The summed E-state index contributed by atoms with van der Waals surface area (Å²) in [6, 6.07) is 24.2. The number of amides is 1. The van der Waals surface area contributed by atoms with Gasteiger partial charge in [0.1, 0.15) is 0 Å². The summed E-state index contributed by atoms with van der Waals surface area (Å²) in [6.07, 6.45) is 0.633. The smallest absolute Gasteiger partial charge is 0.225 e. The van der Waals surface area contributed by atoms with E-state index in [1.165, 1.54) is 5.39 Å². The molecule has 0 radical (unpaired) electrons. The molecule has 0 aliphatic heterocycles. The van der Waals surface area contributed by atoms with Gasteiger partial charge >= 0.3 is 0 Å². The summed E-state index contributed by atoms with van der Waals surface area (Å²) in [6.45, 7) is 0. The summed E-state index contributed by atoms with van der Waals surface area (Å²) < 4.78 is 0. The molecular formula is C19H17NO. The third kappa shape index (κ3) is 2.95. The van der Waals surface area contributed by atoms with Gasteiger partial charge in [0.15, 0.2) is 0 Å². The maximum atomic E-state index is 11.9. The Morgan fingerprint density at radius 3 is 2.24 bits per heavy atom. The van der Waals surface area contributed by atoms with Crippen LogP contribution in [0, 0.1) is 0 Å². The van der Waals surface area contributed by atoms with Crippen LogP contribution in [0.3, 0.4) is 0 Å². The van der Waals surface area contributed by atoms with E-state index < -0.39 is 0 Å². The lowest BCUT2D eigenvalue weighted by molar-refractivity contribution is -0.119. The van der Waals surface area contributed by atoms with Crippen molar-refractivity contribution in [3.8, 4) is 0 Å². The summed E-state index contributed by atoms with van der Waals surface area (Å²) >= 11 is 0. The Kier molecular flexibility index (Phi) is 3.69. The molecule has 1 unspecified atom stereocenters. The van der Waals surface area contributed by atoms with Crippen LogP contribution in [0.4, 0.5) is 0 Å². The number of hydrogen-bond acceptors (Lipinski definition) is 1. The van der Waals surface area contributed by atoms with E-state index in [2.05, 4.69) is 18.2 Å². The van der Waals surface area contributed by atoms with E-state index in [1.54, 1.807) is 0 Å². The molecule has 3 aromatic rings. The van der Waals surface area contributed by atoms with Gasteiger partial charge in [-0.1, -0.05) is 72.8 Å². The van der Waals surface area contributed by atoms with Crippen LogP contribution < -0.4 is 5.73 Å². The van der Waals surface area contributed by atoms with E-state index in [1.807, 2.05) is 54.6 Å². The van der Waals surface area contributed by atoms with Crippen molar-refractivity contribution in [3.05, 3.63) is 83.9 Å². The first-order chi connectivity index (χ1) is 10.2. The lowest BCUT2D eigenvalue weighted by Gasteiger charge is -2.15. The first-order valence-electron chi connectivity index (χ1n) is 7.06. The van der Waals surface area contributed by atoms with Crippen LogP contribution in [0.5, 0.6) is 0 Å². The van der Waals surface area contributed by atoms with E-state index in [0.29, 0.717) is 6.42 Å². The van der Waals surface area contributed by atoms with Gasteiger partial charge in [0, 0.05) is 0 Å². The Balaban J connectivity index is 1.97. The first kappa shape index (κ1) is 13.4. The van der Waals surface area contributed by atoms with Crippen LogP contribution >= 0.6 is 0 Å². The normalized spacial score (nSPS) is 12.2. The molecule has 0 fully saturated rings. The molecule has 0 aliphatic carbocycles. The highest BCUT2D eigenvalue weighted by molar-refractivity contribution is 5.87. The number of carbonyl (C=O) groups excluding carboxylic acids is 1. The number of rotatable bonds is 4. The maximum Gasteiger partial charge on any atom is 0.225 e. The van der Waals surface area contributed by atoms with Crippen molar-refractivity contribution in [1.82, 2.24) is 0 Å².